The first-order chi connectivity index (χ1) is 23.0. The van der Waals surface area contributed by atoms with Gasteiger partial charge < -0.3 is 19.4 Å². The molecule has 3 aromatic carbocycles. The summed E-state index contributed by atoms with van der Waals surface area (Å²) in [4.78, 5) is 34.5. The van der Waals surface area contributed by atoms with E-state index in [1.165, 1.54) is 23.4 Å². The van der Waals surface area contributed by atoms with Crippen LogP contribution in [-0.2, 0) is 32.6 Å². The summed E-state index contributed by atoms with van der Waals surface area (Å²) in [6.45, 7) is 0.0931. The number of carbonyl (C=O) groups is 2. The van der Waals surface area contributed by atoms with Gasteiger partial charge >= 0.3 is 0 Å². The summed E-state index contributed by atoms with van der Waals surface area (Å²) < 4.78 is 48.9. The Morgan fingerprint density at radius 3 is 2.62 bits per heavy atom. The van der Waals surface area contributed by atoms with Gasteiger partial charge in [0.1, 0.15) is 51.7 Å². The van der Waals surface area contributed by atoms with Crippen LogP contribution in [0.4, 0.5) is 15.9 Å². The second kappa shape index (κ2) is 15.2. The first-order valence-corrected chi connectivity index (χ1v) is 17.1. The van der Waals surface area contributed by atoms with Crippen molar-refractivity contribution < 1.29 is 31.6 Å². The van der Waals surface area contributed by atoms with Crippen molar-refractivity contribution in [3.63, 3.8) is 0 Å². The van der Waals surface area contributed by atoms with Gasteiger partial charge in [-0.1, -0.05) is 23.7 Å². The summed E-state index contributed by atoms with van der Waals surface area (Å²) in [6.07, 6.45) is 2.25. The molecule has 0 aliphatic rings. The monoisotopic (exact) mass is 694 g/mol. The molecule has 48 heavy (non-hydrogen) atoms. The second-order valence-corrected chi connectivity index (χ2v) is 13.6. The summed E-state index contributed by atoms with van der Waals surface area (Å²) in [5.41, 5.74) is 4.67. The van der Waals surface area contributed by atoms with Crippen LogP contribution in [0, 0.1) is 5.82 Å². The number of sulfone groups is 1. The van der Waals surface area contributed by atoms with Crippen LogP contribution in [0.1, 0.15) is 24.2 Å². The zero-order valence-corrected chi connectivity index (χ0v) is 27.4. The fourth-order valence-corrected chi connectivity index (χ4v) is 5.54. The summed E-state index contributed by atoms with van der Waals surface area (Å²) in [5, 5.41) is 4.31. The van der Waals surface area contributed by atoms with E-state index in [1.807, 2.05) is 23.6 Å². The van der Waals surface area contributed by atoms with Gasteiger partial charge in [0.2, 0.25) is 11.8 Å². The molecule has 0 saturated heterocycles. The van der Waals surface area contributed by atoms with Crippen molar-refractivity contribution >= 4 is 55.7 Å². The number of nitrogens with one attached hydrogen (secondary N) is 2. The first kappa shape index (κ1) is 34.3. The van der Waals surface area contributed by atoms with Crippen molar-refractivity contribution in [1.29, 1.82) is 0 Å². The molecule has 0 atom stereocenters. The lowest BCUT2D eigenvalue weighted by molar-refractivity contribution is -0.134. The van der Waals surface area contributed by atoms with Gasteiger partial charge in [-0.25, -0.2) is 28.6 Å². The zero-order valence-electron chi connectivity index (χ0n) is 25.8. The van der Waals surface area contributed by atoms with Crippen LogP contribution in [0.15, 0.2) is 83.5 Å². The molecule has 0 saturated carbocycles. The number of hydrazine groups is 1. The van der Waals surface area contributed by atoms with E-state index in [2.05, 4.69) is 15.3 Å². The van der Waals surface area contributed by atoms with Crippen LogP contribution in [0.5, 0.6) is 5.75 Å². The summed E-state index contributed by atoms with van der Waals surface area (Å²) in [7, 11) is -3.35. The molecule has 0 fully saturated rings. The van der Waals surface area contributed by atoms with Crippen LogP contribution >= 0.6 is 11.6 Å². The zero-order chi connectivity index (χ0) is 34.3. The summed E-state index contributed by atoms with van der Waals surface area (Å²) in [5.74, 6) is 5.47. The smallest absolute Gasteiger partial charge is 0.234 e. The van der Waals surface area contributed by atoms with Crippen LogP contribution in [0.3, 0.4) is 0 Å². The minimum atomic E-state index is -3.35. The predicted octanol–water partition coefficient (Wildman–Crippen LogP) is 5.15. The molecule has 5 rings (SSSR count). The van der Waals surface area contributed by atoms with E-state index in [4.69, 9.17) is 26.6 Å². The molecule has 15 heteroatoms. The van der Waals surface area contributed by atoms with Crippen molar-refractivity contribution in [2.75, 3.05) is 23.9 Å². The molecule has 0 unspecified atom stereocenters. The Morgan fingerprint density at radius 1 is 1.04 bits per heavy atom. The maximum Gasteiger partial charge on any atom is 0.234 e. The number of amides is 2. The number of nitrogens with zero attached hydrogens (tertiary/aromatic N) is 3. The number of aromatic nitrogens is 2. The Hall–Kier alpha value is -5.05. The van der Waals surface area contributed by atoms with E-state index in [0.717, 1.165) is 6.26 Å². The van der Waals surface area contributed by atoms with Gasteiger partial charge in [0.05, 0.1) is 22.8 Å². The number of halogens is 2. The molecule has 0 bridgehead atoms. The largest absolute Gasteiger partial charge is 0.487 e. The highest BCUT2D eigenvalue weighted by atomic mass is 35.5. The van der Waals surface area contributed by atoms with Crippen molar-refractivity contribution in [1.82, 2.24) is 20.3 Å². The Balaban J connectivity index is 1.31. The van der Waals surface area contributed by atoms with Crippen molar-refractivity contribution in [2.24, 2.45) is 5.84 Å². The number of hydrogen-bond donors (Lipinski definition) is 3. The highest BCUT2D eigenvalue weighted by Crippen LogP contribution is 2.33. The predicted molar refractivity (Wildman–Crippen MR) is 179 cm³/mol. The van der Waals surface area contributed by atoms with Crippen LogP contribution in [-0.4, -0.2) is 53.7 Å². The van der Waals surface area contributed by atoms with Gasteiger partial charge in [0, 0.05) is 42.3 Å². The lowest BCUT2D eigenvalue weighted by Crippen LogP contribution is -2.36. The molecule has 12 nitrogen and oxygen atoms in total. The fourth-order valence-electron chi connectivity index (χ4n) is 4.75. The average molecular weight is 695 g/mol. The third-order valence-electron chi connectivity index (χ3n) is 7.22. The molecule has 0 radical (unpaired) electrons. The number of hydrogen-bond acceptors (Lipinski definition) is 10. The maximum absolute atomic E-state index is 13.5. The van der Waals surface area contributed by atoms with E-state index in [9.17, 15) is 22.4 Å². The van der Waals surface area contributed by atoms with Crippen LogP contribution in [0.2, 0.25) is 5.02 Å². The molecule has 2 aromatic heterocycles. The molecule has 2 amide bonds. The Labute approximate surface area is 281 Å². The summed E-state index contributed by atoms with van der Waals surface area (Å²) >= 11 is 6.49. The molecule has 4 N–H and O–H groups in total. The number of rotatable bonds is 14. The van der Waals surface area contributed by atoms with Gasteiger partial charge in [0.25, 0.3) is 0 Å². The highest BCUT2D eigenvalue weighted by Gasteiger charge is 2.19. The van der Waals surface area contributed by atoms with Crippen molar-refractivity contribution in [2.45, 2.75) is 26.0 Å². The number of benzene rings is 3. The Kier molecular flexibility index (Phi) is 10.9. The van der Waals surface area contributed by atoms with E-state index < -0.39 is 21.7 Å². The maximum atomic E-state index is 13.5. The topological polar surface area (TPSA) is 170 Å². The third kappa shape index (κ3) is 9.27. The van der Waals surface area contributed by atoms with Gasteiger partial charge in [-0.05, 0) is 66.2 Å². The molecule has 2 heterocycles. The van der Waals surface area contributed by atoms with Crippen molar-refractivity contribution in [3.8, 4) is 17.1 Å². The molecule has 250 valence electrons. The van der Waals surface area contributed by atoms with E-state index in [1.54, 1.807) is 42.5 Å². The molecule has 0 aliphatic heterocycles. The SMILES string of the molecule is CS(=O)(=O)CCN(Cc1ccc(-c2ccc3ncnc(Nc4ccc(OCc5cccc(F)c5)c(Cl)c4)c3c2)o1)C(=O)CCC(=O)NN. The summed E-state index contributed by atoms with van der Waals surface area (Å²) in [6, 6.07) is 20.3. The molecule has 5 aromatic rings. The standard InChI is InChI=1S/C33H32ClFN6O6S/c1-48(44,45)14-13-41(32(43)12-11-31(42)40-36)18-25-7-10-29(47-25)22-5-8-28-26(16-22)33(38-20-37-28)39-24-6-9-30(27(34)17-24)46-19-21-3-2-4-23(35)15-21/h2-10,15-17,20H,11-14,18-19,36H2,1H3,(H,40,42)(H,37,38,39). The van der Waals surface area contributed by atoms with Gasteiger partial charge in [0.15, 0.2) is 0 Å². The number of nitrogens with two attached hydrogens (primary N) is 1. The first-order valence-electron chi connectivity index (χ1n) is 14.7. The molecule has 0 aliphatic carbocycles. The number of furan rings is 1. The van der Waals surface area contributed by atoms with E-state index in [0.29, 0.717) is 55.8 Å². The van der Waals surface area contributed by atoms with Gasteiger partial charge in [-0.15, -0.1) is 0 Å². The third-order valence-corrected chi connectivity index (χ3v) is 8.44. The van der Waals surface area contributed by atoms with Crippen LogP contribution < -0.4 is 21.3 Å². The number of ether oxygens (including phenoxy) is 1. The normalized spacial score (nSPS) is 11.3. The van der Waals surface area contributed by atoms with Crippen molar-refractivity contribution in [3.05, 3.63) is 101 Å². The van der Waals surface area contributed by atoms with Gasteiger partial charge in [-0.3, -0.25) is 15.0 Å². The number of carbonyl (C=O) groups excluding carboxylic acids is 2. The molecule has 0 spiro atoms. The average Bonchev–Trinajstić information content (AvgIpc) is 3.53. The number of fused-ring (bicyclic) bond motifs is 1. The van der Waals surface area contributed by atoms with Crippen LogP contribution in [0.25, 0.3) is 22.2 Å². The quantitative estimate of drug-likeness (QED) is 0.0803. The second-order valence-electron chi connectivity index (χ2n) is 10.9. The minimum Gasteiger partial charge on any atom is -0.487 e. The molecular weight excluding hydrogens is 663 g/mol. The number of anilines is 2. The van der Waals surface area contributed by atoms with E-state index >= 15 is 0 Å². The molecular formula is C33H32ClFN6O6S. The van der Waals surface area contributed by atoms with Gasteiger partial charge in [-0.2, -0.15) is 0 Å². The highest BCUT2D eigenvalue weighted by molar-refractivity contribution is 7.90. The lowest BCUT2D eigenvalue weighted by Gasteiger charge is -2.21. The lowest BCUT2D eigenvalue weighted by atomic mass is 10.1. The fraction of sp³-hybridized carbons (Fsp3) is 0.212. The van der Waals surface area contributed by atoms with E-state index in [-0.39, 0.29) is 44.1 Å². The Morgan fingerprint density at radius 2 is 1.88 bits per heavy atom. The minimum absolute atomic E-state index is 0.00476. The Bertz CT molecular complexity index is 2060.